The van der Waals surface area contributed by atoms with Gasteiger partial charge in [0.1, 0.15) is 5.60 Å². The summed E-state index contributed by atoms with van der Waals surface area (Å²) in [7, 11) is 0. The lowest BCUT2D eigenvalue weighted by atomic mass is 10.1. The van der Waals surface area contributed by atoms with Crippen LogP contribution in [0.15, 0.2) is 29.3 Å². The minimum atomic E-state index is -0.539. The van der Waals surface area contributed by atoms with E-state index in [4.69, 9.17) is 10.00 Å². The lowest BCUT2D eigenvalue weighted by Crippen LogP contribution is -2.23. The van der Waals surface area contributed by atoms with E-state index in [2.05, 4.69) is 10.3 Å². The van der Waals surface area contributed by atoms with Gasteiger partial charge in [-0.2, -0.15) is 5.26 Å². The molecule has 0 unspecified atom stereocenters. The van der Waals surface area contributed by atoms with Gasteiger partial charge in [-0.15, -0.1) is 0 Å². The van der Waals surface area contributed by atoms with Gasteiger partial charge in [-0.3, -0.25) is 5.32 Å². The van der Waals surface area contributed by atoms with Gasteiger partial charge in [-0.25, -0.2) is 9.79 Å². The van der Waals surface area contributed by atoms with Gasteiger partial charge >= 0.3 is 5.97 Å². The molecule has 0 radical (unpaired) electrons. The minimum Gasteiger partial charge on any atom is -0.456 e. The van der Waals surface area contributed by atoms with Gasteiger partial charge in [0.2, 0.25) is 0 Å². The van der Waals surface area contributed by atoms with E-state index in [-0.39, 0.29) is 0 Å². The number of carbonyl (C=O) groups is 1. The Morgan fingerprint density at radius 2 is 2.15 bits per heavy atom. The summed E-state index contributed by atoms with van der Waals surface area (Å²) in [6.07, 6.45) is 3.62. The van der Waals surface area contributed by atoms with Crippen molar-refractivity contribution in [2.24, 2.45) is 4.99 Å². The van der Waals surface area contributed by atoms with Gasteiger partial charge in [0.15, 0.2) is 11.4 Å². The number of rotatable bonds is 2. The molecule has 1 rings (SSSR count). The van der Waals surface area contributed by atoms with Crippen molar-refractivity contribution in [3.05, 3.63) is 29.8 Å². The molecule has 0 heterocycles. The highest BCUT2D eigenvalue weighted by Gasteiger charge is 2.17. The Morgan fingerprint density at radius 1 is 1.45 bits per heavy atom. The molecule has 0 aromatic heterocycles. The maximum Gasteiger partial charge on any atom is 0.338 e. The van der Waals surface area contributed by atoms with Crippen LogP contribution in [0.2, 0.25) is 0 Å². The van der Waals surface area contributed by atoms with E-state index in [9.17, 15) is 4.79 Å². The first-order chi connectivity index (χ1) is 9.35. The second-order valence-electron chi connectivity index (χ2n) is 4.91. The number of carbonyl (C=O) groups excluding carboxylic acids is 1. The fourth-order valence-electron chi connectivity index (χ4n) is 1.33. The molecular weight excluding hydrogens is 274 g/mol. The number of nitriles is 1. The quantitative estimate of drug-likeness (QED) is 0.298. The Balaban J connectivity index is 2.97. The summed E-state index contributed by atoms with van der Waals surface area (Å²) in [5.41, 5.74) is 0.474. The smallest absolute Gasteiger partial charge is 0.338 e. The first-order valence-corrected chi connectivity index (χ1v) is 7.19. The van der Waals surface area contributed by atoms with Crippen molar-refractivity contribution in [3.63, 3.8) is 0 Å². The maximum absolute atomic E-state index is 11.9. The van der Waals surface area contributed by atoms with E-state index in [0.29, 0.717) is 16.4 Å². The topological polar surface area (TPSA) is 74.5 Å². The third-order valence-corrected chi connectivity index (χ3v) is 2.65. The Morgan fingerprint density at radius 3 is 2.70 bits per heavy atom. The molecule has 0 aliphatic rings. The highest BCUT2D eigenvalue weighted by atomic mass is 32.2. The number of hydrogen-bond acceptors (Lipinski definition) is 5. The van der Waals surface area contributed by atoms with Crippen molar-refractivity contribution in [2.45, 2.75) is 26.4 Å². The van der Waals surface area contributed by atoms with Crippen LogP contribution in [0.3, 0.4) is 0 Å². The van der Waals surface area contributed by atoms with E-state index in [1.165, 1.54) is 11.8 Å². The molecule has 20 heavy (non-hydrogen) atoms. The molecule has 0 saturated heterocycles. The van der Waals surface area contributed by atoms with Crippen LogP contribution in [0, 0.1) is 11.5 Å². The molecule has 0 spiro atoms. The largest absolute Gasteiger partial charge is 0.456 e. The van der Waals surface area contributed by atoms with Crippen LogP contribution in [-0.4, -0.2) is 23.0 Å². The summed E-state index contributed by atoms with van der Waals surface area (Å²) in [6.45, 7) is 5.45. The van der Waals surface area contributed by atoms with E-state index >= 15 is 0 Å². The summed E-state index contributed by atoms with van der Waals surface area (Å²) < 4.78 is 5.30. The second kappa shape index (κ2) is 6.96. The maximum atomic E-state index is 11.9. The summed E-state index contributed by atoms with van der Waals surface area (Å²) in [5, 5.41) is 11.5. The average Bonchev–Trinajstić information content (AvgIpc) is 2.36. The van der Waals surface area contributed by atoms with Crippen molar-refractivity contribution in [3.8, 4) is 6.19 Å². The van der Waals surface area contributed by atoms with Gasteiger partial charge < -0.3 is 4.74 Å². The second-order valence-corrected chi connectivity index (χ2v) is 5.71. The highest BCUT2D eigenvalue weighted by Crippen LogP contribution is 2.18. The lowest BCUT2D eigenvalue weighted by Gasteiger charge is -2.19. The summed E-state index contributed by atoms with van der Waals surface area (Å²) in [6, 6.07) is 6.78. The van der Waals surface area contributed by atoms with Crippen molar-refractivity contribution >= 4 is 28.6 Å². The van der Waals surface area contributed by atoms with E-state index in [1.807, 2.05) is 27.0 Å². The Kier molecular flexibility index (Phi) is 5.59. The van der Waals surface area contributed by atoms with Gasteiger partial charge in [0.05, 0.1) is 11.3 Å². The van der Waals surface area contributed by atoms with Crippen LogP contribution < -0.4 is 5.32 Å². The molecule has 0 fully saturated rings. The molecule has 1 aromatic carbocycles. The van der Waals surface area contributed by atoms with Crippen LogP contribution >= 0.6 is 11.8 Å². The normalized spacial score (nSPS) is 11.7. The minimum absolute atomic E-state index is 0.395. The molecule has 0 aliphatic heterocycles. The molecule has 0 bridgehead atoms. The van der Waals surface area contributed by atoms with Crippen molar-refractivity contribution in [2.75, 3.05) is 6.26 Å². The number of nitrogens with zero attached hydrogens (tertiary/aromatic N) is 2. The first-order valence-electron chi connectivity index (χ1n) is 5.97. The number of thioether (sulfide) groups is 1. The molecule has 0 aliphatic carbocycles. The van der Waals surface area contributed by atoms with Crippen LogP contribution in [0.1, 0.15) is 31.1 Å². The average molecular weight is 291 g/mol. The molecule has 6 heteroatoms. The third kappa shape index (κ3) is 5.33. The monoisotopic (exact) mass is 291 g/mol. The fourth-order valence-corrected chi connectivity index (χ4v) is 1.67. The number of ether oxygens (including phenoxy) is 1. The number of nitrogens with one attached hydrogen (secondary N) is 1. The van der Waals surface area contributed by atoms with Crippen LogP contribution in [0.4, 0.5) is 5.69 Å². The standard InChI is InChI=1S/C14H17N3O2S/c1-14(2,3)19-12(18)10-6-5-7-11(8-10)17-13(20-4)16-9-15/h5-8H,1-4H3,(H,16,17). The van der Waals surface area contributed by atoms with Gasteiger partial charge in [0, 0.05) is 0 Å². The molecule has 0 saturated carbocycles. The molecular formula is C14H17N3O2S. The third-order valence-electron chi connectivity index (χ3n) is 2.07. The molecule has 106 valence electrons. The summed E-state index contributed by atoms with van der Waals surface area (Å²) in [5.74, 6) is -0.395. The molecule has 1 aromatic rings. The van der Waals surface area contributed by atoms with Crippen molar-refractivity contribution < 1.29 is 9.53 Å². The number of hydrogen-bond donors (Lipinski definition) is 1. The van der Waals surface area contributed by atoms with Crippen molar-refractivity contribution in [1.29, 1.82) is 5.26 Å². The zero-order valence-corrected chi connectivity index (χ0v) is 12.7. The lowest BCUT2D eigenvalue weighted by molar-refractivity contribution is 0.00696. The number of esters is 1. The molecule has 5 nitrogen and oxygen atoms in total. The molecule has 1 N–H and O–H groups in total. The predicted molar refractivity (Wildman–Crippen MR) is 81.0 cm³/mol. The van der Waals surface area contributed by atoms with Gasteiger partial charge in [-0.1, -0.05) is 17.8 Å². The van der Waals surface area contributed by atoms with E-state index in [0.717, 1.165) is 0 Å². The number of amidine groups is 1. The first kappa shape index (κ1) is 16.1. The molecule has 0 amide bonds. The van der Waals surface area contributed by atoms with E-state index in [1.54, 1.807) is 30.5 Å². The summed E-state index contributed by atoms with van der Waals surface area (Å²) in [4.78, 5) is 16.2. The SMILES string of the molecule is CSC(=Nc1cccc(C(=O)OC(C)(C)C)c1)NC#N. The fraction of sp³-hybridized carbons (Fsp3) is 0.357. The van der Waals surface area contributed by atoms with Crippen LogP contribution in [0.5, 0.6) is 0 Å². The number of aliphatic imine (C=N–C) groups is 1. The zero-order valence-electron chi connectivity index (χ0n) is 11.9. The number of benzene rings is 1. The molecule has 0 atom stereocenters. The Hall–Kier alpha value is -2.00. The Bertz CT molecular complexity index is 556. The Labute approximate surface area is 123 Å². The highest BCUT2D eigenvalue weighted by molar-refractivity contribution is 8.13. The van der Waals surface area contributed by atoms with Crippen LogP contribution in [-0.2, 0) is 4.74 Å². The van der Waals surface area contributed by atoms with Crippen LogP contribution in [0.25, 0.3) is 0 Å². The van der Waals surface area contributed by atoms with E-state index < -0.39 is 11.6 Å². The van der Waals surface area contributed by atoms with Gasteiger partial charge in [-0.05, 0) is 45.2 Å². The summed E-state index contributed by atoms with van der Waals surface area (Å²) >= 11 is 1.31. The van der Waals surface area contributed by atoms with Crippen molar-refractivity contribution in [1.82, 2.24) is 5.32 Å². The zero-order chi connectivity index (χ0) is 15.2. The van der Waals surface area contributed by atoms with Gasteiger partial charge in [0.25, 0.3) is 0 Å². The predicted octanol–water partition coefficient (Wildman–Crippen LogP) is 3.06.